The number of hydrogen-bond donors (Lipinski definition) is 0. The summed E-state index contributed by atoms with van der Waals surface area (Å²) in [6, 6.07) is 0.386. The summed E-state index contributed by atoms with van der Waals surface area (Å²) in [4.78, 5) is 16.7. The van der Waals surface area contributed by atoms with Crippen molar-refractivity contribution in [1.82, 2.24) is 9.80 Å². The van der Waals surface area contributed by atoms with Gasteiger partial charge >= 0.3 is 5.97 Å². The smallest absolute Gasteiger partial charge is 0.307 e. The van der Waals surface area contributed by atoms with Crippen molar-refractivity contribution < 1.29 is 14.3 Å². The highest BCUT2D eigenvalue weighted by molar-refractivity contribution is 5.69. The molecule has 0 aliphatic carbocycles. The zero-order chi connectivity index (χ0) is 17.8. The van der Waals surface area contributed by atoms with E-state index in [2.05, 4.69) is 37.6 Å². The fourth-order valence-electron chi connectivity index (χ4n) is 3.12. The van der Waals surface area contributed by atoms with Crippen molar-refractivity contribution in [2.45, 2.75) is 71.4 Å². The molecule has 2 unspecified atom stereocenters. The summed E-state index contributed by atoms with van der Waals surface area (Å²) in [6.07, 6.45) is 6.05. The standard InChI is InChI=1S/C19H38N2O3/c1-5-8-11-20(4)12-10-19(22)24-18-14-17(21(7-3)15-18)16-23-13-9-6-2/h17-18H,5-16H2,1-4H3. The summed E-state index contributed by atoms with van der Waals surface area (Å²) < 4.78 is 11.5. The van der Waals surface area contributed by atoms with Gasteiger partial charge in [-0.25, -0.2) is 0 Å². The van der Waals surface area contributed by atoms with Crippen molar-refractivity contribution >= 4 is 5.97 Å². The molecule has 2 atom stereocenters. The molecule has 0 bridgehead atoms. The van der Waals surface area contributed by atoms with E-state index in [0.29, 0.717) is 12.5 Å². The van der Waals surface area contributed by atoms with Crippen LogP contribution in [0, 0.1) is 0 Å². The van der Waals surface area contributed by atoms with Gasteiger partial charge in [0.25, 0.3) is 0 Å². The number of esters is 1. The highest BCUT2D eigenvalue weighted by Gasteiger charge is 2.33. The first kappa shape index (κ1) is 21.4. The molecule has 142 valence electrons. The van der Waals surface area contributed by atoms with Crippen LogP contribution in [0.4, 0.5) is 0 Å². The van der Waals surface area contributed by atoms with Crippen LogP contribution < -0.4 is 0 Å². The first-order valence-electron chi connectivity index (χ1n) is 9.80. The van der Waals surface area contributed by atoms with E-state index < -0.39 is 0 Å². The Labute approximate surface area is 148 Å². The Balaban J connectivity index is 2.25. The van der Waals surface area contributed by atoms with Gasteiger partial charge in [-0.3, -0.25) is 9.69 Å². The lowest BCUT2D eigenvalue weighted by Crippen LogP contribution is -2.33. The summed E-state index contributed by atoms with van der Waals surface area (Å²) in [6.45, 7) is 11.8. The first-order chi connectivity index (χ1) is 11.6. The van der Waals surface area contributed by atoms with Crippen LogP contribution in [0.2, 0.25) is 0 Å². The summed E-state index contributed by atoms with van der Waals surface area (Å²) in [5.41, 5.74) is 0. The minimum Gasteiger partial charge on any atom is -0.461 e. The number of carbonyl (C=O) groups is 1. The number of ether oxygens (including phenoxy) is 2. The fraction of sp³-hybridized carbons (Fsp3) is 0.947. The van der Waals surface area contributed by atoms with Gasteiger partial charge in [-0.1, -0.05) is 33.6 Å². The molecule has 1 fully saturated rings. The lowest BCUT2D eigenvalue weighted by atomic mass is 10.2. The van der Waals surface area contributed by atoms with Crippen LogP contribution in [-0.2, 0) is 14.3 Å². The second kappa shape index (κ2) is 12.7. The van der Waals surface area contributed by atoms with Crippen LogP contribution in [-0.4, -0.2) is 74.4 Å². The topological polar surface area (TPSA) is 42.0 Å². The van der Waals surface area contributed by atoms with Crippen LogP contribution in [0.5, 0.6) is 0 Å². The maximum absolute atomic E-state index is 12.1. The van der Waals surface area contributed by atoms with E-state index in [9.17, 15) is 4.79 Å². The molecule has 24 heavy (non-hydrogen) atoms. The van der Waals surface area contributed by atoms with Gasteiger partial charge in [0.1, 0.15) is 6.10 Å². The number of unbranched alkanes of at least 4 members (excludes halogenated alkanes) is 2. The third-order valence-corrected chi connectivity index (χ3v) is 4.74. The average molecular weight is 343 g/mol. The molecule has 0 N–H and O–H groups in total. The molecule has 0 aromatic heterocycles. The SMILES string of the molecule is CCCCOCC1CC(OC(=O)CCN(C)CCCC)CN1CC. The Kier molecular flexibility index (Phi) is 11.3. The molecular weight excluding hydrogens is 304 g/mol. The van der Waals surface area contributed by atoms with Gasteiger partial charge < -0.3 is 14.4 Å². The summed E-state index contributed by atoms with van der Waals surface area (Å²) in [5, 5.41) is 0. The number of hydrogen-bond acceptors (Lipinski definition) is 5. The normalized spacial score (nSPS) is 21.5. The van der Waals surface area contributed by atoms with E-state index in [4.69, 9.17) is 9.47 Å². The van der Waals surface area contributed by atoms with E-state index >= 15 is 0 Å². The molecule has 1 aliphatic heterocycles. The second-order valence-electron chi connectivity index (χ2n) is 6.92. The molecule has 0 saturated carbocycles. The molecule has 5 heteroatoms. The lowest BCUT2D eigenvalue weighted by molar-refractivity contribution is -0.148. The van der Waals surface area contributed by atoms with Crippen LogP contribution in [0.3, 0.4) is 0 Å². The van der Waals surface area contributed by atoms with Crippen LogP contribution >= 0.6 is 0 Å². The van der Waals surface area contributed by atoms with Gasteiger partial charge in [-0.15, -0.1) is 0 Å². The molecule has 1 saturated heterocycles. The third-order valence-electron chi connectivity index (χ3n) is 4.74. The predicted octanol–water partition coefficient (Wildman–Crippen LogP) is 2.93. The average Bonchev–Trinajstić information content (AvgIpc) is 2.96. The van der Waals surface area contributed by atoms with Crippen molar-refractivity contribution in [2.75, 3.05) is 46.4 Å². The maximum Gasteiger partial charge on any atom is 0.307 e. The Morgan fingerprint density at radius 1 is 1.17 bits per heavy atom. The Morgan fingerprint density at radius 3 is 2.58 bits per heavy atom. The van der Waals surface area contributed by atoms with Gasteiger partial charge in [-0.05, 0) is 33.0 Å². The lowest BCUT2D eigenvalue weighted by Gasteiger charge is -2.21. The fourth-order valence-corrected chi connectivity index (χ4v) is 3.12. The molecule has 1 aliphatic rings. The van der Waals surface area contributed by atoms with Crippen LogP contribution in [0.15, 0.2) is 0 Å². The molecule has 0 amide bonds. The van der Waals surface area contributed by atoms with Crippen molar-refractivity contribution in [3.05, 3.63) is 0 Å². The van der Waals surface area contributed by atoms with E-state index in [0.717, 1.165) is 58.7 Å². The predicted molar refractivity (Wildman–Crippen MR) is 98.3 cm³/mol. The van der Waals surface area contributed by atoms with E-state index in [1.54, 1.807) is 0 Å². The van der Waals surface area contributed by atoms with Gasteiger partial charge in [0.2, 0.25) is 0 Å². The minimum atomic E-state index is -0.0630. The zero-order valence-corrected chi connectivity index (χ0v) is 16.3. The monoisotopic (exact) mass is 342 g/mol. The maximum atomic E-state index is 12.1. The molecule has 5 nitrogen and oxygen atoms in total. The van der Waals surface area contributed by atoms with Gasteiger partial charge in [-0.2, -0.15) is 0 Å². The van der Waals surface area contributed by atoms with Gasteiger partial charge in [0.05, 0.1) is 13.0 Å². The Morgan fingerprint density at radius 2 is 1.92 bits per heavy atom. The summed E-state index contributed by atoms with van der Waals surface area (Å²) in [7, 11) is 2.07. The Hall–Kier alpha value is -0.650. The summed E-state index contributed by atoms with van der Waals surface area (Å²) in [5.74, 6) is -0.0630. The second-order valence-corrected chi connectivity index (χ2v) is 6.92. The molecule has 1 heterocycles. The Bertz CT molecular complexity index is 339. The van der Waals surface area contributed by atoms with Gasteiger partial charge in [0, 0.05) is 32.2 Å². The van der Waals surface area contributed by atoms with Crippen molar-refractivity contribution in [1.29, 1.82) is 0 Å². The van der Waals surface area contributed by atoms with Crippen LogP contribution in [0.1, 0.15) is 59.3 Å². The molecule has 0 aromatic carbocycles. The van der Waals surface area contributed by atoms with E-state index in [1.807, 2.05) is 0 Å². The zero-order valence-electron chi connectivity index (χ0n) is 16.3. The first-order valence-corrected chi connectivity index (χ1v) is 9.80. The molecule has 0 aromatic rings. The van der Waals surface area contributed by atoms with Gasteiger partial charge in [0.15, 0.2) is 0 Å². The van der Waals surface area contributed by atoms with Crippen molar-refractivity contribution in [3.63, 3.8) is 0 Å². The quantitative estimate of drug-likeness (QED) is 0.380. The number of rotatable bonds is 13. The minimum absolute atomic E-state index is 0.0261. The number of nitrogens with zero attached hydrogens (tertiary/aromatic N) is 2. The van der Waals surface area contributed by atoms with E-state index in [-0.39, 0.29) is 12.1 Å². The largest absolute Gasteiger partial charge is 0.461 e. The van der Waals surface area contributed by atoms with Crippen molar-refractivity contribution in [3.8, 4) is 0 Å². The summed E-state index contributed by atoms with van der Waals surface area (Å²) >= 11 is 0. The third kappa shape index (κ3) is 8.45. The number of carbonyl (C=O) groups excluding carboxylic acids is 1. The van der Waals surface area contributed by atoms with E-state index in [1.165, 1.54) is 12.8 Å². The number of likely N-dealkylation sites (N-methyl/N-ethyl adjacent to an activating group) is 1. The molecule has 0 radical (unpaired) electrons. The van der Waals surface area contributed by atoms with Crippen molar-refractivity contribution in [2.24, 2.45) is 0 Å². The number of likely N-dealkylation sites (tertiary alicyclic amines) is 1. The molecule has 0 spiro atoms. The van der Waals surface area contributed by atoms with Crippen LogP contribution in [0.25, 0.3) is 0 Å². The highest BCUT2D eigenvalue weighted by atomic mass is 16.5. The highest BCUT2D eigenvalue weighted by Crippen LogP contribution is 2.21. The molecular formula is C19H38N2O3. The molecule has 1 rings (SSSR count).